The first-order chi connectivity index (χ1) is 9.81. The van der Waals surface area contributed by atoms with E-state index in [0.717, 1.165) is 30.8 Å². The van der Waals surface area contributed by atoms with Crippen molar-refractivity contribution in [3.63, 3.8) is 0 Å². The fourth-order valence-corrected chi connectivity index (χ4v) is 2.49. The van der Waals surface area contributed by atoms with Gasteiger partial charge in [-0.05, 0) is 29.9 Å². The summed E-state index contributed by atoms with van der Waals surface area (Å²) in [5, 5.41) is 4.04. The number of nitrogens with zero attached hydrogens (tertiary/aromatic N) is 2. The smallest absolute Gasteiger partial charge is 0.171 e. The molecule has 5 heteroatoms. The van der Waals surface area contributed by atoms with Gasteiger partial charge in [0.2, 0.25) is 0 Å². The Morgan fingerprint density at radius 2 is 1.95 bits per heavy atom. The average molecular weight is 287 g/mol. The molecule has 0 amide bonds. The molecule has 0 aliphatic carbocycles. The summed E-state index contributed by atoms with van der Waals surface area (Å²) in [6, 6.07) is 14.3. The van der Waals surface area contributed by atoms with E-state index in [4.69, 9.17) is 16.6 Å². The van der Waals surface area contributed by atoms with Gasteiger partial charge in [-0.15, -0.1) is 0 Å². The van der Waals surface area contributed by atoms with Crippen LogP contribution < -0.4 is 5.32 Å². The first-order valence-corrected chi connectivity index (χ1v) is 7.03. The molecule has 4 nitrogen and oxygen atoms in total. The summed E-state index contributed by atoms with van der Waals surface area (Å²) in [4.78, 5) is 4.43. The highest BCUT2D eigenvalue weighted by molar-refractivity contribution is 7.80. The van der Waals surface area contributed by atoms with Gasteiger partial charge in [-0.2, -0.15) is 0 Å². The third kappa shape index (κ3) is 3.18. The Kier molecular flexibility index (Phi) is 3.99. The molecule has 1 aliphatic rings. The number of nitrogens with one attached hydrogen (secondary N) is 1. The van der Waals surface area contributed by atoms with Gasteiger partial charge < -0.3 is 14.6 Å². The maximum atomic E-state index is 5.39. The highest BCUT2D eigenvalue weighted by Gasteiger charge is 2.21. The molecular weight excluding hydrogens is 270 g/mol. The summed E-state index contributed by atoms with van der Waals surface area (Å²) in [6.07, 6.45) is 1.69. The quantitative estimate of drug-likeness (QED) is 0.873. The predicted molar refractivity (Wildman–Crippen MR) is 81.7 cm³/mol. The van der Waals surface area contributed by atoms with E-state index < -0.39 is 0 Å². The van der Waals surface area contributed by atoms with Crippen LogP contribution >= 0.6 is 12.2 Å². The minimum atomic E-state index is 0.699. The molecule has 3 rings (SSSR count). The van der Waals surface area contributed by atoms with Crippen LogP contribution in [0.25, 0.3) is 0 Å². The molecule has 1 N–H and O–H groups in total. The number of hydrogen-bond acceptors (Lipinski definition) is 3. The zero-order chi connectivity index (χ0) is 13.8. The number of thiocarbonyl (C=S) groups is 1. The predicted octanol–water partition coefficient (Wildman–Crippen LogP) is 2.39. The van der Waals surface area contributed by atoms with Crippen molar-refractivity contribution < 1.29 is 4.42 Å². The van der Waals surface area contributed by atoms with Crippen LogP contribution in [0.4, 0.5) is 0 Å². The van der Waals surface area contributed by atoms with Gasteiger partial charge in [-0.3, -0.25) is 4.90 Å². The van der Waals surface area contributed by atoms with Gasteiger partial charge in [-0.25, -0.2) is 0 Å². The summed E-state index contributed by atoms with van der Waals surface area (Å²) >= 11 is 5.36. The molecule has 20 heavy (non-hydrogen) atoms. The minimum Gasteiger partial charge on any atom is -0.467 e. The lowest BCUT2D eigenvalue weighted by Gasteiger charge is -2.37. The third-order valence-corrected chi connectivity index (χ3v) is 3.69. The Labute approximate surface area is 124 Å². The van der Waals surface area contributed by atoms with Crippen LogP contribution in [0.15, 0.2) is 53.1 Å². The molecule has 0 saturated carbocycles. The lowest BCUT2D eigenvalue weighted by Crippen LogP contribution is -2.55. The molecule has 104 valence electrons. The maximum Gasteiger partial charge on any atom is 0.171 e. The molecule has 0 radical (unpaired) electrons. The molecule has 0 atom stereocenters. The molecule has 0 bridgehead atoms. The molecule has 2 aromatic rings. The second-order valence-corrected chi connectivity index (χ2v) is 5.26. The van der Waals surface area contributed by atoms with E-state index in [0.29, 0.717) is 6.54 Å². The third-order valence-electron chi connectivity index (χ3n) is 3.29. The van der Waals surface area contributed by atoms with E-state index in [1.165, 1.54) is 5.56 Å². The zero-order valence-electron chi connectivity index (χ0n) is 11.2. The summed E-state index contributed by atoms with van der Waals surface area (Å²) < 4.78 is 5.39. The summed E-state index contributed by atoms with van der Waals surface area (Å²) in [5.74, 6) is 0.927. The fraction of sp³-hybridized carbons (Fsp3) is 0.267. The van der Waals surface area contributed by atoms with Crippen molar-refractivity contribution in [1.82, 2.24) is 15.1 Å². The van der Waals surface area contributed by atoms with Crippen LogP contribution in [0.1, 0.15) is 11.3 Å². The highest BCUT2D eigenvalue weighted by atomic mass is 32.1. The lowest BCUT2D eigenvalue weighted by molar-refractivity contribution is 0.137. The topological polar surface area (TPSA) is 31.6 Å². The van der Waals surface area contributed by atoms with Gasteiger partial charge in [0.25, 0.3) is 0 Å². The van der Waals surface area contributed by atoms with Gasteiger partial charge in [-0.1, -0.05) is 30.3 Å². The van der Waals surface area contributed by atoms with E-state index in [1.54, 1.807) is 6.26 Å². The normalized spacial score (nSPS) is 16.2. The Morgan fingerprint density at radius 3 is 2.70 bits per heavy atom. The zero-order valence-corrected chi connectivity index (χ0v) is 12.0. The number of rotatable bonds is 4. The van der Waals surface area contributed by atoms with Crippen molar-refractivity contribution in [3.05, 3.63) is 60.1 Å². The molecule has 1 fully saturated rings. The van der Waals surface area contributed by atoms with E-state index in [1.807, 2.05) is 18.2 Å². The van der Waals surface area contributed by atoms with Crippen LogP contribution in [0, 0.1) is 0 Å². The Hall–Kier alpha value is -1.85. The van der Waals surface area contributed by atoms with E-state index in [2.05, 4.69) is 39.4 Å². The average Bonchev–Trinajstić information content (AvgIpc) is 2.97. The standard InChI is InChI=1S/C15H17N3OS/c20-15-16-11-17(9-13-5-2-1-3-6-13)12-18(15)10-14-7-4-8-19-14/h1-8H,9-12H2,(H,16,20). The van der Waals surface area contributed by atoms with Gasteiger partial charge >= 0.3 is 0 Å². The Balaban J connectivity index is 1.62. The molecule has 0 spiro atoms. The highest BCUT2D eigenvalue weighted by Crippen LogP contribution is 2.12. The van der Waals surface area contributed by atoms with Gasteiger partial charge in [0.1, 0.15) is 5.76 Å². The molecule has 1 aromatic heterocycles. The second-order valence-electron chi connectivity index (χ2n) is 4.87. The Morgan fingerprint density at radius 1 is 1.10 bits per heavy atom. The van der Waals surface area contributed by atoms with E-state index >= 15 is 0 Å². The van der Waals surface area contributed by atoms with Gasteiger partial charge in [0, 0.05) is 6.54 Å². The molecule has 1 saturated heterocycles. The molecular formula is C15H17N3OS. The maximum absolute atomic E-state index is 5.39. The van der Waals surface area contributed by atoms with Gasteiger partial charge in [0.15, 0.2) is 5.11 Å². The largest absolute Gasteiger partial charge is 0.467 e. The summed E-state index contributed by atoms with van der Waals surface area (Å²) in [7, 11) is 0. The van der Waals surface area contributed by atoms with Crippen LogP contribution in [-0.2, 0) is 13.1 Å². The van der Waals surface area contributed by atoms with Crippen LogP contribution in [-0.4, -0.2) is 28.2 Å². The number of benzene rings is 1. The molecule has 1 aliphatic heterocycles. The SMILES string of the molecule is S=C1NCN(Cc2ccccc2)CN1Cc1ccco1. The molecule has 2 heterocycles. The molecule has 0 unspecified atom stereocenters. The van der Waals surface area contributed by atoms with Crippen molar-refractivity contribution in [2.75, 3.05) is 13.3 Å². The second kappa shape index (κ2) is 6.07. The number of hydrogen-bond donors (Lipinski definition) is 1. The van der Waals surface area contributed by atoms with Crippen molar-refractivity contribution in [2.45, 2.75) is 13.1 Å². The minimum absolute atomic E-state index is 0.699. The van der Waals surface area contributed by atoms with Gasteiger partial charge in [0.05, 0.1) is 26.1 Å². The molecule has 1 aromatic carbocycles. The van der Waals surface area contributed by atoms with Crippen LogP contribution in [0.3, 0.4) is 0 Å². The van der Waals surface area contributed by atoms with E-state index in [-0.39, 0.29) is 0 Å². The lowest BCUT2D eigenvalue weighted by atomic mass is 10.2. The van der Waals surface area contributed by atoms with Crippen molar-refractivity contribution >= 4 is 17.3 Å². The Bertz CT molecular complexity index is 556. The van der Waals surface area contributed by atoms with Crippen LogP contribution in [0.5, 0.6) is 0 Å². The van der Waals surface area contributed by atoms with Crippen LogP contribution in [0.2, 0.25) is 0 Å². The monoisotopic (exact) mass is 287 g/mol. The number of furan rings is 1. The van der Waals surface area contributed by atoms with Crippen molar-refractivity contribution in [1.29, 1.82) is 0 Å². The summed E-state index contributed by atoms with van der Waals surface area (Å²) in [5.41, 5.74) is 1.31. The van der Waals surface area contributed by atoms with Crippen molar-refractivity contribution in [3.8, 4) is 0 Å². The summed E-state index contributed by atoms with van der Waals surface area (Å²) in [6.45, 7) is 3.19. The van der Waals surface area contributed by atoms with Crippen molar-refractivity contribution in [2.24, 2.45) is 0 Å². The van der Waals surface area contributed by atoms with E-state index in [9.17, 15) is 0 Å². The fourth-order valence-electron chi connectivity index (χ4n) is 2.31. The first kappa shape index (κ1) is 13.1. The first-order valence-electron chi connectivity index (χ1n) is 6.63.